The lowest BCUT2D eigenvalue weighted by atomic mass is 10.0. The summed E-state index contributed by atoms with van der Waals surface area (Å²) in [5, 5.41) is 8.99. The fourth-order valence-electron chi connectivity index (χ4n) is 1.24. The summed E-state index contributed by atoms with van der Waals surface area (Å²) in [5.74, 6) is -0.920. The minimum atomic E-state index is -1.09. The minimum Gasteiger partial charge on any atom is -0.479 e. The first-order valence-corrected chi connectivity index (χ1v) is 5.36. The van der Waals surface area contributed by atoms with E-state index < -0.39 is 11.6 Å². The average Bonchev–Trinajstić information content (AvgIpc) is 2.30. The van der Waals surface area contributed by atoms with Gasteiger partial charge in [-0.05, 0) is 25.5 Å². The van der Waals surface area contributed by atoms with Crippen molar-refractivity contribution in [2.45, 2.75) is 32.3 Å². The molecule has 1 heterocycles. The van der Waals surface area contributed by atoms with Crippen LogP contribution in [0, 0.1) is 0 Å². The highest BCUT2D eigenvalue weighted by Gasteiger charge is 2.31. The van der Waals surface area contributed by atoms with Crippen LogP contribution in [-0.4, -0.2) is 28.3 Å². The molecule has 1 N–H and O–H groups in total. The van der Waals surface area contributed by atoms with Crippen molar-refractivity contribution in [3.05, 3.63) is 30.1 Å². The summed E-state index contributed by atoms with van der Waals surface area (Å²) in [6, 6.07) is 5.64. The van der Waals surface area contributed by atoms with E-state index in [1.165, 1.54) is 0 Å². The van der Waals surface area contributed by atoms with Gasteiger partial charge in [0.1, 0.15) is 0 Å². The van der Waals surface area contributed by atoms with Gasteiger partial charge < -0.3 is 9.84 Å². The number of pyridine rings is 1. The summed E-state index contributed by atoms with van der Waals surface area (Å²) in [5.41, 5.74) is -0.180. The molecule has 88 valence electrons. The van der Waals surface area contributed by atoms with Gasteiger partial charge in [-0.25, -0.2) is 4.79 Å². The number of rotatable bonds is 6. The molecule has 0 aliphatic carbocycles. The predicted octanol–water partition coefficient (Wildman–Crippen LogP) is 1.89. The van der Waals surface area contributed by atoms with Crippen LogP contribution in [0.1, 0.15) is 26.0 Å². The smallest absolute Gasteiger partial charge is 0.335 e. The van der Waals surface area contributed by atoms with Gasteiger partial charge in [0, 0.05) is 18.3 Å². The van der Waals surface area contributed by atoms with Crippen molar-refractivity contribution in [1.29, 1.82) is 0 Å². The first-order chi connectivity index (χ1) is 7.58. The van der Waals surface area contributed by atoms with Gasteiger partial charge in [0.2, 0.25) is 0 Å². The molecule has 1 rings (SSSR count). The van der Waals surface area contributed by atoms with Gasteiger partial charge in [0.15, 0.2) is 5.60 Å². The fourth-order valence-corrected chi connectivity index (χ4v) is 1.24. The van der Waals surface area contributed by atoms with Crippen molar-refractivity contribution in [3.8, 4) is 0 Å². The lowest BCUT2D eigenvalue weighted by Gasteiger charge is -2.23. The van der Waals surface area contributed by atoms with Gasteiger partial charge in [0.05, 0.1) is 6.61 Å². The molecule has 0 radical (unpaired) electrons. The minimum absolute atomic E-state index is 0.369. The monoisotopic (exact) mass is 223 g/mol. The number of carboxylic acids is 1. The second-order valence-corrected chi connectivity index (χ2v) is 3.81. The van der Waals surface area contributed by atoms with E-state index >= 15 is 0 Å². The predicted molar refractivity (Wildman–Crippen MR) is 60.2 cm³/mol. The number of hydrogen-bond acceptors (Lipinski definition) is 3. The Balaban J connectivity index is 2.43. The number of carbonyl (C=O) groups is 1. The Morgan fingerprint density at radius 2 is 2.31 bits per heavy atom. The molecule has 4 nitrogen and oxygen atoms in total. The molecule has 16 heavy (non-hydrogen) atoms. The van der Waals surface area contributed by atoms with E-state index in [1.54, 1.807) is 20.0 Å². The molecule has 0 aliphatic heterocycles. The van der Waals surface area contributed by atoms with Crippen molar-refractivity contribution in [1.82, 2.24) is 4.98 Å². The molecule has 0 fully saturated rings. The lowest BCUT2D eigenvalue weighted by molar-refractivity contribution is -0.164. The van der Waals surface area contributed by atoms with E-state index in [-0.39, 0.29) is 0 Å². The Morgan fingerprint density at radius 3 is 2.81 bits per heavy atom. The molecular weight excluding hydrogens is 206 g/mol. The van der Waals surface area contributed by atoms with Crippen molar-refractivity contribution in [3.63, 3.8) is 0 Å². The third-order valence-electron chi connectivity index (χ3n) is 2.63. The van der Waals surface area contributed by atoms with E-state index in [0.29, 0.717) is 19.4 Å². The van der Waals surface area contributed by atoms with Crippen LogP contribution in [0.4, 0.5) is 0 Å². The zero-order chi connectivity index (χ0) is 12.0. The Kier molecular flexibility index (Phi) is 4.43. The second-order valence-electron chi connectivity index (χ2n) is 3.81. The molecule has 0 bridgehead atoms. The van der Waals surface area contributed by atoms with Crippen LogP contribution in [-0.2, 0) is 16.0 Å². The zero-order valence-corrected chi connectivity index (χ0v) is 9.64. The molecule has 0 saturated carbocycles. The normalized spacial score (nSPS) is 14.4. The van der Waals surface area contributed by atoms with Crippen LogP contribution in [0.25, 0.3) is 0 Å². The van der Waals surface area contributed by atoms with E-state index in [0.717, 1.165) is 5.69 Å². The molecule has 1 atom stereocenters. The average molecular weight is 223 g/mol. The SMILES string of the molecule is CCC(C)(OCCc1ccccn1)C(=O)O. The highest BCUT2D eigenvalue weighted by Crippen LogP contribution is 2.15. The summed E-state index contributed by atoms with van der Waals surface area (Å²) >= 11 is 0. The molecule has 0 aromatic carbocycles. The van der Waals surface area contributed by atoms with Crippen molar-refractivity contribution in [2.24, 2.45) is 0 Å². The molecule has 0 aliphatic rings. The van der Waals surface area contributed by atoms with Gasteiger partial charge in [-0.3, -0.25) is 4.98 Å². The highest BCUT2D eigenvalue weighted by atomic mass is 16.5. The highest BCUT2D eigenvalue weighted by molar-refractivity contribution is 5.76. The molecule has 1 aromatic heterocycles. The number of aromatic nitrogens is 1. The first-order valence-electron chi connectivity index (χ1n) is 5.36. The van der Waals surface area contributed by atoms with Crippen LogP contribution in [0.3, 0.4) is 0 Å². The van der Waals surface area contributed by atoms with Crippen LogP contribution >= 0.6 is 0 Å². The number of ether oxygens (including phenoxy) is 1. The Bertz CT molecular complexity index is 339. The Hall–Kier alpha value is -1.42. The summed E-state index contributed by atoms with van der Waals surface area (Å²) in [6.45, 7) is 3.76. The standard InChI is InChI=1S/C12H17NO3/c1-3-12(2,11(14)15)16-9-7-10-6-4-5-8-13-10/h4-6,8H,3,7,9H2,1-2H3,(H,14,15). The molecule has 0 saturated heterocycles. The largest absolute Gasteiger partial charge is 0.479 e. The number of carboxylic acid groups (broad SMARTS) is 1. The molecule has 4 heteroatoms. The van der Waals surface area contributed by atoms with Crippen LogP contribution in [0.15, 0.2) is 24.4 Å². The summed E-state index contributed by atoms with van der Waals surface area (Å²) in [6.07, 6.45) is 2.79. The lowest BCUT2D eigenvalue weighted by Crippen LogP contribution is -2.38. The first kappa shape index (κ1) is 12.6. The van der Waals surface area contributed by atoms with Crippen LogP contribution < -0.4 is 0 Å². The molecular formula is C12H17NO3. The fraction of sp³-hybridized carbons (Fsp3) is 0.500. The van der Waals surface area contributed by atoms with Gasteiger partial charge in [-0.1, -0.05) is 13.0 Å². The van der Waals surface area contributed by atoms with Crippen molar-refractivity contribution in [2.75, 3.05) is 6.61 Å². The molecule has 1 aromatic rings. The summed E-state index contributed by atoms with van der Waals surface area (Å²) in [7, 11) is 0. The van der Waals surface area contributed by atoms with E-state index in [9.17, 15) is 4.79 Å². The maximum absolute atomic E-state index is 11.0. The summed E-state index contributed by atoms with van der Waals surface area (Å²) < 4.78 is 5.40. The zero-order valence-electron chi connectivity index (χ0n) is 9.64. The molecule has 0 amide bonds. The topological polar surface area (TPSA) is 59.4 Å². The van der Waals surface area contributed by atoms with E-state index in [4.69, 9.17) is 9.84 Å². The van der Waals surface area contributed by atoms with Crippen LogP contribution in [0.2, 0.25) is 0 Å². The van der Waals surface area contributed by atoms with E-state index in [2.05, 4.69) is 4.98 Å². The second kappa shape index (κ2) is 5.61. The number of aliphatic carboxylic acids is 1. The van der Waals surface area contributed by atoms with Gasteiger partial charge in [-0.15, -0.1) is 0 Å². The summed E-state index contributed by atoms with van der Waals surface area (Å²) in [4.78, 5) is 15.1. The Morgan fingerprint density at radius 1 is 1.56 bits per heavy atom. The van der Waals surface area contributed by atoms with Gasteiger partial charge in [-0.2, -0.15) is 0 Å². The number of nitrogens with zero attached hydrogens (tertiary/aromatic N) is 1. The molecule has 1 unspecified atom stereocenters. The quantitative estimate of drug-likeness (QED) is 0.800. The number of hydrogen-bond donors (Lipinski definition) is 1. The maximum atomic E-state index is 11.0. The third kappa shape index (κ3) is 3.31. The maximum Gasteiger partial charge on any atom is 0.335 e. The van der Waals surface area contributed by atoms with E-state index in [1.807, 2.05) is 18.2 Å². The van der Waals surface area contributed by atoms with Gasteiger partial charge in [0.25, 0.3) is 0 Å². The van der Waals surface area contributed by atoms with Crippen molar-refractivity contribution < 1.29 is 14.6 Å². The Labute approximate surface area is 95.3 Å². The van der Waals surface area contributed by atoms with Crippen LogP contribution in [0.5, 0.6) is 0 Å². The van der Waals surface area contributed by atoms with Crippen molar-refractivity contribution >= 4 is 5.97 Å². The molecule has 0 spiro atoms. The third-order valence-corrected chi connectivity index (χ3v) is 2.63. The van der Waals surface area contributed by atoms with Gasteiger partial charge >= 0.3 is 5.97 Å².